The normalized spacial score (nSPS) is 13.2. The van der Waals surface area contributed by atoms with Crippen molar-refractivity contribution >= 4 is 18.1 Å². The smallest absolute Gasteiger partial charge is 0.448 e. The van der Waals surface area contributed by atoms with Gasteiger partial charge in [-0.3, -0.25) is 14.8 Å². The van der Waals surface area contributed by atoms with Crippen LogP contribution in [-0.4, -0.2) is 38.7 Å². The molecular formula is C22H19F3N4O2. The molecule has 9 heteroatoms. The van der Waals surface area contributed by atoms with Crippen molar-refractivity contribution in [3.63, 3.8) is 0 Å². The summed E-state index contributed by atoms with van der Waals surface area (Å²) in [5.74, 6) is -1.77. The number of nitrogens with one attached hydrogen (secondary N) is 2. The number of aliphatic hydroxyl groups excluding tert-OH is 1. The molecule has 1 aliphatic heterocycles. The Morgan fingerprint density at radius 2 is 1.97 bits per heavy atom. The average molecular weight is 428 g/mol. The van der Waals surface area contributed by atoms with Crippen LogP contribution in [0.1, 0.15) is 27.3 Å². The zero-order chi connectivity index (χ0) is 22.4. The van der Waals surface area contributed by atoms with Crippen molar-refractivity contribution in [1.82, 2.24) is 20.3 Å². The highest BCUT2D eigenvalue weighted by Crippen LogP contribution is 2.24. The fourth-order valence-electron chi connectivity index (χ4n) is 2.81. The molecule has 160 valence electrons. The molecule has 1 amide bonds. The minimum Gasteiger partial charge on any atom is -0.505 e. The third-order valence-corrected chi connectivity index (χ3v) is 4.35. The van der Waals surface area contributed by atoms with Crippen LogP contribution in [0.3, 0.4) is 0 Å². The van der Waals surface area contributed by atoms with Crippen molar-refractivity contribution in [2.24, 2.45) is 0 Å². The number of hydrogen-bond donors (Lipinski definition) is 3. The molecule has 4 heterocycles. The second kappa shape index (κ2) is 9.29. The monoisotopic (exact) mass is 428 g/mol. The topological polar surface area (TPSA) is 90.9 Å². The molecule has 3 N–H and O–H groups in total. The van der Waals surface area contributed by atoms with Crippen LogP contribution in [0.2, 0.25) is 0 Å². The van der Waals surface area contributed by atoms with Crippen molar-refractivity contribution in [3.8, 4) is 11.3 Å². The Balaban J connectivity index is 0.000000339. The predicted molar refractivity (Wildman–Crippen MR) is 111 cm³/mol. The first-order valence-corrected chi connectivity index (χ1v) is 9.23. The number of allylic oxidation sites excluding steroid dienone is 1. The molecule has 0 aromatic carbocycles. The molecule has 6 nitrogen and oxygen atoms in total. The molecule has 4 rings (SSSR count). The van der Waals surface area contributed by atoms with Crippen LogP contribution in [0.25, 0.3) is 23.4 Å². The Kier molecular flexibility index (Phi) is 6.54. The molecular weight excluding hydrogens is 409 g/mol. The number of hydrogen-bond acceptors (Lipinski definition) is 4. The summed E-state index contributed by atoms with van der Waals surface area (Å²) >= 11 is 0. The summed E-state index contributed by atoms with van der Waals surface area (Å²) in [6.45, 7) is 2.94. The molecule has 0 saturated heterocycles. The summed E-state index contributed by atoms with van der Waals surface area (Å²) in [6, 6.07) is 9.75. The summed E-state index contributed by atoms with van der Waals surface area (Å²) in [5, 5.41) is 10.4. The van der Waals surface area contributed by atoms with E-state index in [0.29, 0.717) is 6.54 Å². The SMILES string of the molecule is C=C(O)C(F)(F)F.O=C1NCCc2[nH]c(-c3ccnc(/C=C\c4cccnc4)c3)cc21. The number of fused-ring (bicyclic) bond motifs is 1. The van der Waals surface area contributed by atoms with Gasteiger partial charge in [0.25, 0.3) is 5.91 Å². The molecule has 0 atom stereocenters. The average Bonchev–Trinajstić information content (AvgIpc) is 3.19. The molecule has 0 radical (unpaired) electrons. The lowest BCUT2D eigenvalue weighted by molar-refractivity contribution is -0.119. The van der Waals surface area contributed by atoms with Gasteiger partial charge in [-0.25, -0.2) is 0 Å². The van der Waals surface area contributed by atoms with Gasteiger partial charge in [-0.15, -0.1) is 0 Å². The van der Waals surface area contributed by atoms with Gasteiger partial charge in [-0.1, -0.05) is 18.7 Å². The van der Waals surface area contributed by atoms with Crippen LogP contribution < -0.4 is 5.32 Å². The van der Waals surface area contributed by atoms with Crippen LogP contribution in [-0.2, 0) is 6.42 Å². The number of pyridine rings is 2. The van der Waals surface area contributed by atoms with Crippen molar-refractivity contribution in [3.05, 3.63) is 83.8 Å². The van der Waals surface area contributed by atoms with Gasteiger partial charge in [0.2, 0.25) is 0 Å². The number of aliphatic hydroxyl groups is 1. The van der Waals surface area contributed by atoms with Gasteiger partial charge in [-0.05, 0) is 35.9 Å². The third kappa shape index (κ3) is 5.81. The molecule has 0 unspecified atom stereocenters. The molecule has 0 fully saturated rings. The maximum atomic E-state index is 11.9. The maximum absolute atomic E-state index is 11.9. The van der Waals surface area contributed by atoms with E-state index in [1.807, 2.05) is 42.5 Å². The molecule has 3 aromatic rings. The van der Waals surface area contributed by atoms with Gasteiger partial charge in [0.15, 0.2) is 5.76 Å². The number of nitrogens with zero attached hydrogens (tertiary/aromatic N) is 2. The molecule has 31 heavy (non-hydrogen) atoms. The fraction of sp³-hybridized carbons (Fsp3) is 0.136. The second-order valence-corrected chi connectivity index (χ2v) is 6.61. The summed E-state index contributed by atoms with van der Waals surface area (Å²) in [7, 11) is 0. The van der Waals surface area contributed by atoms with Crippen LogP contribution in [0.4, 0.5) is 13.2 Å². The zero-order valence-electron chi connectivity index (χ0n) is 16.3. The molecule has 1 aliphatic rings. The first-order chi connectivity index (χ1) is 14.7. The molecule has 3 aromatic heterocycles. The van der Waals surface area contributed by atoms with E-state index in [-0.39, 0.29) is 5.91 Å². The van der Waals surface area contributed by atoms with Crippen LogP contribution in [0, 0.1) is 0 Å². The van der Waals surface area contributed by atoms with E-state index in [1.54, 1.807) is 18.6 Å². The molecule has 0 saturated carbocycles. The lowest BCUT2D eigenvalue weighted by Crippen LogP contribution is -2.31. The van der Waals surface area contributed by atoms with E-state index in [9.17, 15) is 18.0 Å². The lowest BCUT2D eigenvalue weighted by atomic mass is 10.1. The maximum Gasteiger partial charge on any atom is 0.448 e. The number of amides is 1. The third-order valence-electron chi connectivity index (χ3n) is 4.35. The highest BCUT2D eigenvalue weighted by molar-refractivity contribution is 5.97. The van der Waals surface area contributed by atoms with Gasteiger partial charge < -0.3 is 15.4 Å². The van der Waals surface area contributed by atoms with Crippen LogP contribution in [0.15, 0.2) is 61.3 Å². The first-order valence-electron chi connectivity index (χ1n) is 9.23. The van der Waals surface area contributed by atoms with E-state index in [2.05, 4.69) is 26.8 Å². The van der Waals surface area contributed by atoms with E-state index in [0.717, 1.165) is 40.2 Å². The van der Waals surface area contributed by atoms with E-state index < -0.39 is 11.9 Å². The Morgan fingerprint density at radius 3 is 2.61 bits per heavy atom. The number of H-pyrrole nitrogens is 1. The van der Waals surface area contributed by atoms with Gasteiger partial charge in [-0.2, -0.15) is 13.2 Å². The molecule has 0 bridgehead atoms. The lowest BCUT2D eigenvalue weighted by Gasteiger charge is -2.10. The fourth-order valence-corrected chi connectivity index (χ4v) is 2.81. The quantitative estimate of drug-likeness (QED) is 0.534. The summed E-state index contributed by atoms with van der Waals surface area (Å²) in [4.78, 5) is 23.7. The minimum absolute atomic E-state index is 0.00972. The number of carbonyl (C=O) groups is 1. The predicted octanol–water partition coefficient (Wildman–Crippen LogP) is 4.55. The van der Waals surface area contributed by atoms with Crippen molar-refractivity contribution in [2.45, 2.75) is 12.6 Å². The number of aromatic nitrogens is 3. The zero-order valence-corrected chi connectivity index (χ0v) is 16.3. The van der Waals surface area contributed by atoms with Gasteiger partial charge >= 0.3 is 6.18 Å². The summed E-state index contributed by atoms with van der Waals surface area (Å²) in [6.07, 6.45) is 5.46. The number of aromatic amines is 1. The number of halogens is 3. The minimum atomic E-state index is -4.64. The standard InChI is InChI=1S/C19H16N4O.C3H3F3O/c24-19-16-11-18(23-17(16)6-9-22-19)14-5-8-21-15(10-14)4-3-13-2-1-7-20-12-13;1-2(7)3(4,5)6/h1-5,7-8,10-12,23H,6,9H2,(H,22,24);7H,1H2/b4-3-;. The Morgan fingerprint density at radius 1 is 1.19 bits per heavy atom. The Hall–Kier alpha value is -3.88. The Bertz CT molecular complexity index is 1110. The van der Waals surface area contributed by atoms with Gasteiger partial charge in [0.05, 0.1) is 11.3 Å². The van der Waals surface area contributed by atoms with Crippen molar-refractivity contribution in [1.29, 1.82) is 0 Å². The Labute approximate surface area is 176 Å². The van der Waals surface area contributed by atoms with E-state index in [1.165, 1.54) is 0 Å². The summed E-state index contributed by atoms with van der Waals surface area (Å²) < 4.78 is 32.5. The highest BCUT2D eigenvalue weighted by atomic mass is 19.4. The van der Waals surface area contributed by atoms with E-state index >= 15 is 0 Å². The summed E-state index contributed by atoms with van der Waals surface area (Å²) in [5.41, 5.74) is 5.57. The number of alkyl halides is 3. The van der Waals surface area contributed by atoms with Gasteiger partial charge in [0, 0.05) is 48.5 Å². The van der Waals surface area contributed by atoms with Gasteiger partial charge in [0.1, 0.15) is 0 Å². The highest BCUT2D eigenvalue weighted by Gasteiger charge is 2.31. The van der Waals surface area contributed by atoms with Crippen molar-refractivity contribution < 1.29 is 23.1 Å². The van der Waals surface area contributed by atoms with E-state index in [4.69, 9.17) is 5.11 Å². The van der Waals surface area contributed by atoms with Crippen LogP contribution in [0.5, 0.6) is 0 Å². The molecule has 0 spiro atoms. The second-order valence-electron chi connectivity index (χ2n) is 6.61. The molecule has 0 aliphatic carbocycles. The largest absolute Gasteiger partial charge is 0.505 e. The first kappa shape index (κ1) is 21.8. The van der Waals surface area contributed by atoms with Crippen LogP contribution >= 0.6 is 0 Å². The number of carbonyl (C=O) groups excluding carboxylic acids is 1. The van der Waals surface area contributed by atoms with Crippen molar-refractivity contribution in [2.75, 3.05) is 6.54 Å². The number of rotatable bonds is 3.